The molecule has 0 aromatic rings. The van der Waals surface area contributed by atoms with Crippen molar-refractivity contribution in [3.63, 3.8) is 0 Å². The minimum atomic E-state index is -0.935. The molecule has 0 spiro atoms. The van der Waals surface area contributed by atoms with E-state index in [1.54, 1.807) is 0 Å². The van der Waals surface area contributed by atoms with Crippen LogP contribution in [0.25, 0.3) is 0 Å². The Kier molecular flexibility index (Phi) is 6.96. The molecule has 0 saturated heterocycles. The minimum Gasteiger partial charge on any atom is -0.494 e. The molecule has 1 N–H and O–H groups in total. The Morgan fingerprint density at radius 1 is 1.15 bits per heavy atom. The summed E-state index contributed by atoms with van der Waals surface area (Å²) in [6, 6.07) is 0. The first-order valence-electron chi connectivity index (χ1n) is 6.45. The van der Waals surface area contributed by atoms with Crippen LogP contribution in [-0.2, 0) is 14.3 Å². The van der Waals surface area contributed by atoms with Crippen molar-refractivity contribution < 1.29 is 19.4 Å². The highest BCUT2D eigenvalue weighted by atomic mass is 16.5. The van der Waals surface area contributed by atoms with Crippen molar-refractivity contribution >= 4 is 5.97 Å². The minimum absolute atomic E-state index is 0.176. The van der Waals surface area contributed by atoms with Gasteiger partial charge in [-0.3, -0.25) is 0 Å². The van der Waals surface area contributed by atoms with Gasteiger partial charge in [-0.25, -0.2) is 4.79 Å². The van der Waals surface area contributed by atoms with Crippen molar-refractivity contribution in [1.82, 2.24) is 0 Å². The largest absolute Gasteiger partial charge is 0.494 e. The van der Waals surface area contributed by atoms with Crippen LogP contribution in [0.3, 0.4) is 0 Å². The van der Waals surface area contributed by atoms with Crippen LogP contribution in [0.2, 0.25) is 0 Å². The van der Waals surface area contributed by atoms with Crippen molar-refractivity contribution in [3.8, 4) is 0 Å². The number of rotatable bonds is 6. The van der Waals surface area contributed by atoms with Gasteiger partial charge in [-0.15, -0.1) is 0 Å². The summed E-state index contributed by atoms with van der Waals surface area (Å²) < 4.78 is 11.0. The number of aliphatic carboxylic acids is 1. The third-order valence-corrected chi connectivity index (χ3v) is 2.50. The summed E-state index contributed by atoms with van der Waals surface area (Å²) in [7, 11) is 0. The molecule has 0 atom stereocenters. The number of hydrogen-bond donors (Lipinski definition) is 1. The van der Waals surface area contributed by atoms with E-state index in [0.29, 0.717) is 13.2 Å². The molecular formula is C16H20O4. The van der Waals surface area contributed by atoms with Gasteiger partial charge in [0.25, 0.3) is 0 Å². The van der Waals surface area contributed by atoms with Gasteiger partial charge in [-0.1, -0.05) is 30.9 Å². The van der Waals surface area contributed by atoms with E-state index in [0.717, 1.165) is 24.4 Å². The average Bonchev–Trinajstić information content (AvgIpc) is 3.09. The summed E-state index contributed by atoms with van der Waals surface area (Å²) in [5.74, 6) is 1.13. The Morgan fingerprint density at radius 3 is 1.80 bits per heavy atom. The van der Waals surface area contributed by atoms with Crippen LogP contribution in [0.5, 0.6) is 0 Å². The Labute approximate surface area is 119 Å². The molecule has 4 nitrogen and oxygen atoms in total. The SMILES string of the molecule is C1=CCC(OCCOC2=CC=CC2)=C1.C=C(C)C(=O)O. The Hall–Kier alpha value is -2.23. The topological polar surface area (TPSA) is 55.8 Å². The number of carbonyl (C=O) groups is 1. The molecule has 0 amide bonds. The van der Waals surface area contributed by atoms with Gasteiger partial charge in [0, 0.05) is 18.4 Å². The highest BCUT2D eigenvalue weighted by Crippen LogP contribution is 2.13. The lowest BCUT2D eigenvalue weighted by molar-refractivity contribution is -0.132. The number of carboxylic acid groups (broad SMARTS) is 1. The van der Waals surface area contributed by atoms with Crippen molar-refractivity contribution in [1.29, 1.82) is 0 Å². The van der Waals surface area contributed by atoms with E-state index in [2.05, 4.69) is 18.7 Å². The van der Waals surface area contributed by atoms with E-state index in [9.17, 15) is 4.79 Å². The molecule has 108 valence electrons. The second kappa shape index (κ2) is 8.80. The molecule has 0 aromatic carbocycles. The van der Waals surface area contributed by atoms with Crippen LogP contribution in [0.15, 0.2) is 60.1 Å². The maximum absolute atomic E-state index is 9.60. The zero-order valence-corrected chi connectivity index (χ0v) is 11.7. The molecule has 2 rings (SSSR count). The molecule has 0 saturated carbocycles. The number of carboxylic acids is 1. The number of allylic oxidation sites excluding steroid dienone is 6. The lowest BCUT2D eigenvalue weighted by Crippen LogP contribution is -2.02. The second-order valence-corrected chi connectivity index (χ2v) is 4.31. The summed E-state index contributed by atoms with van der Waals surface area (Å²) >= 11 is 0. The summed E-state index contributed by atoms with van der Waals surface area (Å²) in [4.78, 5) is 9.60. The Morgan fingerprint density at radius 2 is 1.55 bits per heavy atom. The smallest absolute Gasteiger partial charge is 0.330 e. The van der Waals surface area contributed by atoms with Gasteiger partial charge in [0.15, 0.2) is 0 Å². The number of hydrogen-bond acceptors (Lipinski definition) is 3. The highest BCUT2D eigenvalue weighted by Gasteiger charge is 2.02. The summed E-state index contributed by atoms with van der Waals surface area (Å²) in [6.07, 6.45) is 14.0. The standard InChI is InChI=1S/C12H14O2.C4H6O2/c1-2-6-11(5-1)13-9-10-14-12-7-3-4-8-12;1-3(2)4(5)6/h1-5,7H,6,8-10H2;1H2,2H3,(H,5,6). The van der Waals surface area contributed by atoms with Gasteiger partial charge >= 0.3 is 5.97 Å². The van der Waals surface area contributed by atoms with Crippen molar-refractivity contribution in [2.75, 3.05) is 13.2 Å². The maximum atomic E-state index is 9.60. The van der Waals surface area contributed by atoms with E-state index in [-0.39, 0.29) is 5.57 Å². The van der Waals surface area contributed by atoms with E-state index in [4.69, 9.17) is 14.6 Å². The third kappa shape index (κ3) is 6.64. The first-order chi connectivity index (χ1) is 9.59. The van der Waals surface area contributed by atoms with Crippen LogP contribution in [0.1, 0.15) is 19.8 Å². The van der Waals surface area contributed by atoms with Gasteiger partial charge in [0.05, 0.1) is 11.5 Å². The van der Waals surface area contributed by atoms with E-state index in [1.165, 1.54) is 6.92 Å². The first kappa shape index (κ1) is 15.8. The van der Waals surface area contributed by atoms with Crippen molar-refractivity contribution in [3.05, 3.63) is 60.1 Å². The molecule has 2 aliphatic rings. The second-order valence-electron chi connectivity index (χ2n) is 4.31. The lowest BCUT2D eigenvalue weighted by atomic mass is 10.4. The molecule has 0 fully saturated rings. The Balaban J connectivity index is 0.000000286. The van der Waals surface area contributed by atoms with Crippen molar-refractivity contribution in [2.24, 2.45) is 0 Å². The number of ether oxygens (including phenoxy) is 2. The van der Waals surface area contributed by atoms with Crippen LogP contribution in [-0.4, -0.2) is 24.3 Å². The van der Waals surface area contributed by atoms with Gasteiger partial charge in [-0.2, -0.15) is 0 Å². The van der Waals surface area contributed by atoms with Crippen LogP contribution < -0.4 is 0 Å². The summed E-state index contributed by atoms with van der Waals surface area (Å²) in [5, 5.41) is 7.89. The fourth-order valence-electron chi connectivity index (χ4n) is 1.41. The zero-order valence-electron chi connectivity index (χ0n) is 11.7. The monoisotopic (exact) mass is 276 g/mol. The van der Waals surface area contributed by atoms with E-state index >= 15 is 0 Å². The normalized spacial score (nSPS) is 15.1. The van der Waals surface area contributed by atoms with Gasteiger partial charge in [0.2, 0.25) is 0 Å². The van der Waals surface area contributed by atoms with Crippen LogP contribution in [0.4, 0.5) is 0 Å². The summed E-state index contributed by atoms with van der Waals surface area (Å²) in [6.45, 7) is 5.86. The van der Waals surface area contributed by atoms with E-state index in [1.807, 2.05) is 24.3 Å². The van der Waals surface area contributed by atoms with E-state index < -0.39 is 5.97 Å². The molecule has 20 heavy (non-hydrogen) atoms. The molecule has 0 aromatic heterocycles. The fourth-order valence-corrected chi connectivity index (χ4v) is 1.41. The highest BCUT2D eigenvalue weighted by molar-refractivity contribution is 5.84. The maximum Gasteiger partial charge on any atom is 0.330 e. The molecular weight excluding hydrogens is 256 g/mol. The van der Waals surface area contributed by atoms with Crippen LogP contribution >= 0.6 is 0 Å². The molecule has 0 unspecified atom stereocenters. The molecule has 0 heterocycles. The van der Waals surface area contributed by atoms with Crippen LogP contribution in [0, 0.1) is 0 Å². The van der Waals surface area contributed by atoms with Gasteiger partial charge in [0.1, 0.15) is 13.2 Å². The first-order valence-corrected chi connectivity index (χ1v) is 6.45. The fraction of sp³-hybridized carbons (Fsp3) is 0.312. The molecule has 2 aliphatic carbocycles. The summed E-state index contributed by atoms with van der Waals surface area (Å²) in [5.41, 5.74) is 0.176. The molecule has 4 heteroatoms. The molecule has 0 radical (unpaired) electrons. The van der Waals surface area contributed by atoms with Crippen molar-refractivity contribution in [2.45, 2.75) is 19.8 Å². The predicted molar refractivity (Wildman–Crippen MR) is 78.0 cm³/mol. The quantitative estimate of drug-likeness (QED) is 0.597. The lowest BCUT2D eigenvalue weighted by Gasteiger charge is -2.08. The molecule has 0 aliphatic heterocycles. The zero-order chi connectivity index (χ0) is 14.8. The van der Waals surface area contributed by atoms with Gasteiger partial charge in [-0.05, 0) is 19.1 Å². The third-order valence-electron chi connectivity index (χ3n) is 2.50. The molecule has 0 bridgehead atoms. The van der Waals surface area contributed by atoms with Gasteiger partial charge < -0.3 is 14.6 Å². The average molecular weight is 276 g/mol. The Bertz CT molecular complexity index is 423. The predicted octanol–water partition coefficient (Wildman–Crippen LogP) is 3.35.